The summed E-state index contributed by atoms with van der Waals surface area (Å²) in [6.45, 7) is 2.39. The summed E-state index contributed by atoms with van der Waals surface area (Å²) in [7, 11) is 1.87. The van der Waals surface area contributed by atoms with Crippen LogP contribution in [0, 0.1) is 22.5 Å². The molecule has 380 valence electrons. The molecule has 4 aromatic rings. The van der Waals surface area contributed by atoms with E-state index >= 15 is 0 Å². The number of carbonyl (C=O) groups is 2. The summed E-state index contributed by atoms with van der Waals surface area (Å²) in [5.41, 5.74) is 16.0. The number of aromatic nitrogens is 2. The Morgan fingerprint density at radius 2 is 1.15 bits per heavy atom. The number of hydrogen-bond donors (Lipinski definition) is 4. The fourth-order valence-corrected chi connectivity index (χ4v) is 13.0. The van der Waals surface area contributed by atoms with Gasteiger partial charge in [0.2, 0.25) is 0 Å². The van der Waals surface area contributed by atoms with Gasteiger partial charge in [0.05, 0.1) is 49.9 Å². The molecule has 4 atom stereocenters. The second-order valence-corrected chi connectivity index (χ2v) is 21.3. The largest absolute Gasteiger partial charge is 0.490 e. The van der Waals surface area contributed by atoms with Crippen LogP contribution in [0.1, 0.15) is 86.5 Å². The highest BCUT2D eigenvalue weighted by molar-refractivity contribution is 9.10. The molecular weight excluding hydrogens is 993 g/mol. The topological polar surface area (TPSA) is 221 Å². The van der Waals surface area contributed by atoms with Crippen LogP contribution in [-0.2, 0) is 52.5 Å². The lowest BCUT2D eigenvalue weighted by atomic mass is 9.61. The van der Waals surface area contributed by atoms with Crippen molar-refractivity contribution in [3.63, 3.8) is 0 Å². The van der Waals surface area contributed by atoms with E-state index in [4.69, 9.17) is 50.4 Å². The van der Waals surface area contributed by atoms with Crippen molar-refractivity contribution in [1.29, 1.82) is 0 Å². The van der Waals surface area contributed by atoms with Crippen LogP contribution in [0.5, 0.6) is 0 Å². The second kappa shape index (κ2) is 19.9. The molecule has 4 unspecified atom stereocenters. The Morgan fingerprint density at radius 1 is 0.681 bits per heavy atom. The number of guanidine groups is 2. The Morgan fingerprint density at radius 3 is 1.58 bits per heavy atom. The average Bonchev–Trinajstić information content (AvgIpc) is 3.96. The predicted octanol–water partition coefficient (Wildman–Crippen LogP) is 4.78. The van der Waals surface area contributed by atoms with Gasteiger partial charge in [-0.2, -0.15) is 0 Å². The summed E-state index contributed by atoms with van der Waals surface area (Å²) in [6.07, 6.45) is 16.1. The lowest BCUT2D eigenvalue weighted by molar-refractivity contribution is -0.142. The van der Waals surface area contributed by atoms with Gasteiger partial charge in [0, 0.05) is 66.2 Å². The molecule has 4 aliphatic carbocycles. The fourth-order valence-electron chi connectivity index (χ4n) is 12.6. The third-order valence-electron chi connectivity index (χ3n) is 16.6. The number of hydrogen-bond acceptors (Lipinski definition) is 14. The highest BCUT2D eigenvalue weighted by Gasteiger charge is 2.68. The maximum absolute atomic E-state index is 14.3. The summed E-state index contributed by atoms with van der Waals surface area (Å²) in [5.74, 6) is -0.419. The van der Waals surface area contributed by atoms with Crippen LogP contribution in [0.4, 0.5) is 8.78 Å². The van der Waals surface area contributed by atoms with E-state index in [0.717, 1.165) is 123 Å². The van der Waals surface area contributed by atoms with Crippen molar-refractivity contribution < 1.29 is 47.4 Å². The van der Waals surface area contributed by atoms with Gasteiger partial charge in [-0.3, -0.25) is 29.4 Å². The van der Waals surface area contributed by atoms with Gasteiger partial charge in [-0.15, -0.1) is 0 Å². The molecule has 2 aromatic heterocycles. The van der Waals surface area contributed by atoms with E-state index in [0.29, 0.717) is 31.2 Å². The van der Waals surface area contributed by atoms with Gasteiger partial charge in [0.25, 0.3) is 11.8 Å². The fraction of sp³-hybridized carbons (Fsp3) is 0.500. The van der Waals surface area contributed by atoms with Gasteiger partial charge in [-0.1, -0.05) is 34.1 Å². The van der Waals surface area contributed by atoms with Crippen LogP contribution < -0.4 is 16.9 Å². The molecule has 12 rings (SSSR count). The Labute approximate surface area is 425 Å². The van der Waals surface area contributed by atoms with E-state index in [9.17, 15) is 18.4 Å². The summed E-state index contributed by atoms with van der Waals surface area (Å²) >= 11 is 3.59. The number of rotatable bonds is 8. The molecule has 2 saturated heterocycles. The molecule has 6 N–H and O–H groups in total. The number of carbonyl (C=O) groups excluding carboxylic acids is 2. The monoisotopic (exact) mass is 1050 g/mol. The smallest absolute Gasteiger partial charge is 0.423 e. The molecular formula is C52H60BBrF2N8O8. The van der Waals surface area contributed by atoms with Crippen LogP contribution >= 0.6 is 15.9 Å². The van der Waals surface area contributed by atoms with Gasteiger partial charge < -0.3 is 40.5 Å². The van der Waals surface area contributed by atoms with Gasteiger partial charge in [-0.25, -0.2) is 18.8 Å². The van der Waals surface area contributed by atoms with Gasteiger partial charge in [-0.05, 0) is 135 Å². The number of amides is 2. The predicted molar refractivity (Wildman–Crippen MR) is 267 cm³/mol. The van der Waals surface area contributed by atoms with E-state index in [1.807, 2.05) is 12.1 Å². The standard InChI is InChI=1S/C26H29FN4O3.C21H26BrN3O3.C5H5BFNO2/c1-33-20-4-7-25(8-5-20)12-17-3-2-16(18-10-19(27)14-29-13-18)11-22(17)26(25)23(32)31(24(28)30-26)15-21-6-9-34-21;1-27-15-4-7-20(8-5-15)11-13-2-3-14(22)10-17(13)21(20)18(26)25(19(23)24-21)12-16-6-9-28-16;7-5-1-4(6(9)10)2-8-3-5/h2-3,10-11,13-14,20-21H,4-9,12,15H2,1H3,(H2,28,30);2-3,10,15-16H,4-9,11-12H2,1H3,(H2,23,24);1-3,9-10H. The molecule has 6 heterocycles. The molecule has 2 aromatic carbocycles. The van der Waals surface area contributed by atoms with Crippen LogP contribution in [0.25, 0.3) is 11.1 Å². The molecule has 4 aliphatic heterocycles. The summed E-state index contributed by atoms with van der Waals surface area (Å²) in [5, 5.41) is 17.0. The SMILES string of the molecule is COC1CCC2(CC1)Cc1ccc(-c3cncc(F)c3)cc1C21N=C(N)N(CC2CCO2)C1=O.COC1CCC2(CC1)Cc1ccc(Br)cc1C21N=C(N)N(CC2CCO2)C1=O.OB(O)c1cncc(F)c1. The van der Waals surface area contributed by atoms with Crippen molar-refractivity contribution in [3.8, 4) is 11.1 Å². The minimum atomic E-state index is -1.65. The van der Waals surface area contributed by atoms with Crippen molar-refractivity contribution in [1.82, 2.24) is 19.8 Å². The lowest BCUT2D eigenvalue weighted by Gasteiger charge is -2.45. The van der Waals surface area contributed by atoms with Gasteiger partial charge in [0.15, 0.2) is 23.0 Å². The highest BCUT2D eigenvalue weighted by Crippen LogP contribution is 2.64. The third kappa shape index (κ3) is 8.63. The molecule has 4 fully saturated rings. The number of nitrogens with two attached hydrogens (primary N) is 2. The van der Waals surface area contributed by atoms with Crippen molar-refractivity contribution in [2.24, 2.45) is 32.3 Å². The Balaban J connectivity index is 0.000000141. The normalized spacial score (nSPS) is 30.8. The third-order valence-corrected chi connectivity index (χ3v) is 17.1. The highest BCUT2D eigenvalue weighted by atomic mass is 79.9. The summed E-state index contributed by atoms with van der Waals surface area (Å²) in [4.78, 5) is 48.9. The van der Waals surface area contributed by atoms with E-state index in [2.05, 4.69) is 50.2 Å². The van der Waals surface area contributed by atoms with Crippen LogP contribution in [-0.4, -0.2) is 126 Å². The molecule has 20 heteroatoms. The first-order valence-electron chi connectivity index (χ1n) is 24.8. The van der Waals surface area contributed by atoms with Crippen molar-refractivity contribution in [2.45, 2.75) is 113 Å². The van der Waals surface area contributed by atoms with E-state index in [1.165, 1.54) is 24.0 Å². The van der Waals surface area contributed by atoms with E-state index < -0.39 is 29.8 Å². The number of aliphatic imine (C=N–C) groups is 2. The number of benzene rings is 2. The molecule has 4 spiro atoms. The first-order valence-corrected chi connectivity index (χ1v) is 25.6. The first-order chi connectivity index (χ1) is 34.6. The van der Waals surface area contributed by atoms with Crippen molar-refractivity contribution in [3.05, 3.63) is 112 Å². The Bertz CT molecular complexity index is 2780. The maximum Gasteiger partial charge on any atom is 0.490 e. The van der Waals surface area contributed by atoms with Crippen LogP contribution in [0.15, 0.2) is 87.8 Å². The zero-order valence-corrected chi connectivity index (χ0v) is 42.0. The number of nitrogens with zero attached hydrogens (tertiary/aromatic N) is 6. The number of ether oxygens (including phenoxy) is 4. The van der Waals surface area contributed by atoms with Crippen LogP contribution in [0.2, 0.25) is 0 Å². The molecule has 72 heavy (non-hydrogen) atoms. The minimum absolute atomic E-state index is 0.00129. The number of methoxy groups -OCH3 is 2. The van der Waals surface area contributed by atoms with Gasteiger partial charge >= 0.3 is 7.12 Å². The second-order valence-electron chi connectivity index (χ2n) is 20.4. The maximum atomic E-state index is 14.3. The molecule has 0 bridgehead atoms. The Kier molecular flexibility index (Phi) is 13.9. The summed E-state index contributed by atoms with van der Waals surface area (Å²) in [6, 6.07) is 14.8. The number of pyridine rings is 2. The summed E-state index contributed by atoms with van der Waals surface area (Å²) < 4.78 is 49.5. The molecule has 2 amide bonds. The molecule has 16 nitrogen and oxygen atoms in total. The minimum Gasteiger partial charge on any atom is -0.423 e. The average molecular weight is 1050 g/mol. The quantitative estimate of drug-likeness (QED) is 0.175. The van der Waals surface area contributed by atoms with Gasteiger partial charge in [0.1, 0.15) is 11.6 Å². The zero-order chi connectivity index (χ0) is 50.6. The van der Waals surface area contributed by atoms with Crippen LogP contribution in [0.3, 0.4) is 0 Å². The Hall–Kier alpha value is -5.22. The molecule has 2 saturated carbocycles. The molecule has 0 radical (unpaired) electrons. The lowest BCUT2D eigenvalue weighted by Crippen LogP contribution is -2.54. The number of fused-ring (bicyclic) bond motifs is 6. The van der Waals surface area contributed by atoms with Crippen molar-refractivity contribution >= 4 is 52.2 Å². The van der Waals surface area contributed by atoms with E-state index in [-0.39, 0.29) is 58.5 Å². The number of halogens is 3. The van der Waals surface area contributed by atoms with E-state index in [1.54, 1.807) is 30.2 Å². The first kappa shape index (κ1) is 50.3. The van der Waals surface area contributed by atoms with Crippen molar-refractivity contribution in [2.75, 3.05) is 40.5 Å². The zero-order valence-electron chi connectivity index (χ0n) is 40.4. The molecule has 8 aliphatic rings.